The van der Waals surface area contributed by atoms with Crippen molar-refractivity contribution in [3.63, 3.8) is 0 Å². The topological polar surface area (TPSA) is 64.1 Å². The van der Waals surface area contributed by atoms with E-state index in [1.165, 1.54) is 12.1 Å². The molecule has 0 saturated carbocycles. The summed E-state index contributed by atoms with van der Waals surface area (Å²) in [6.45, 7) is 4.67. The highest BCUT2D eigenvalue weighted by molar-refractivity contribution is 5.94. The number of rotatable bonds is 6. The second-order valence-corrected chi connectivity index (χ2v) is 6.46. The minimum atomic E-state index is -0.359. The first-order valence-electron chi connectivity index (χ1n) is 8.66. The van der Waals surface area contributed by atoms with Gasteiger partial charge in [0.15, 0.2) is 5.82 Å². The first kappa shape index (κ1) is 18.5. The van der Waals surface area contributed by atoms with E-state index in [0.717, 1.165) is 0 Å². The van der Waals surface area contributed by atoms with Crippen LogP contribution in [0.5, 0.6) is 11.6 Å². The molecule has 0 aliphatic carbocycles. The van der Waals surface area contributed by atoms with Crippen LogP contribution in [0.1, 0.15) is 24.2 Å². The standard InChI is InChI=1S/C21H20FN3O2/c1-14(2)13-24-21(26)16-6-4-8-18(12-16)27-19-9-10-23-20(25-19)15-5-3-7-17(22)11-15/h3-12,14H,13H2,1-2H3,(H,24,26). The Hall–Kier alpha value is -3.28. The molecule has 1 aromatic heterocycles. The number of hydrogen-bond donors (Lipinski definition) is 1. The predicted molar refractivity (Wildman–Crippen MR) is 101 cm³/mol. The van der Waals surface area contributed by atoms with E-state index < -0.39 is 0 Å². The maximum atomic E-state index is 13.4. The molecule has 0 bridgehead atoms. The molecule has 1 heterocycles. The number of benzene rings is 2. The Morgan fingerprint density at radius 1 is 1.15 bits per heavy atom. The molecule has 2 aromatic carbocycles. The van der Waals surface area contributed by atoms with Gasteiger partial charge in [0.25, 0.3) is 5.91 Å². The van der Waals surface area contributed by atoms with Crippen molar-refractivity contribution < 1.29 is 13.9 Å². The largest absolute Gasteiger partial charge is 0.439 e. The fourth-order valence-corrected chi connectivity index (χ4v) is 2.39. The van der Waals surface area contributed by atoms with Crippen molar-refractivity contribution in [2.24, 2.45) is 5.92 Å². The summed E-state index contributed by atoms with van der Waals surface area (Å²) < 4.78 is 19.2. The molecule has 0 aliphatic heterocycles. The van der Waals surface area contributed by atoms with Gasteiger partial charge >= 0.3 is 0 Å². The van der Waals surface area contributed by atoms with Crippen LogP contribution in [0.4, 0.5) is 4.39 Å². The molecule has 0 saturated heterocycles. The molecule has 0 fully saturated rings. The summed E-state index contributed by atoms with van der Waals surface area (Å²) in [5, 5.41) is 2.87. The third-order valence-corrected chi connectivity index (χ3v) is 3.70. The summed E-state index contributed by atoms with van der Waals surface area (Å²) in [4.78, 5) is 20.7. The third-order valence-electron chi connectivity index (χ3n) is 3.70. The highest BCUT2D eigenvalue weighted by Gasteiger charge is 2.09. The van der Waals surface area contributed by atoms with E-state index in [-0.39, 0.29) is 11.7 Å². The number of ether oxygens (including phenoxy) is 1. The summed E-state index contributed by atoms with van der Waals surface area (Å²) >= 11 is 0. The van der Waals surface area contributed by atoms with Gasteiger partial charge in [-0.05, 0) is 36.2 Å². The second-order valence-electron chi connectivity index (χ2n) is 6.46. The lowest BCUT2D eigenvalue weighted by Crippen LogP contribution is -2.27. The van der Waals surface area contributed by atoms with E-state index in [0.29, 0.717) is 41.0 Å². The Kier molecular flexibility index (Phi) is 5.76. The van der Waals surface area contributed by atoms with Crippen molar-refractivity contribution >= 4 is 5.91 Å². The van der Waals surface area contributed by atoms with Gasteiger partial charge in [0.05, 0.1) is 0 Å². The number of nitrogens with one attached hydrogen (secondary N) is 1. The van der Waals surface area contributed by atoms with Gasteiger partial charge in [0, 0.05) is 29.9 Å². The van der Waals surface area contributed by atoms with Crippen LogP contribution in [0.3, 0.4) is 0 Å². The minimum absolute atomic E-state index is 0.155. The molecule has 3 rings (SSSR count). The summed E-state index contributed by atoms with van der Waals surface area (Å²) in [7, 11) is 0. The molecular weight excluding hydrogens is 345 g/mol. The van der Waals surface area contributed by atoms with Gasteiger partial charge in [0.1, 0.15) is 11.6 Å². The van der Waals surface area contributed by atoms with Crippen LogP contribution < -0.4 is 10.1 Å². The van der Waals surface area contributed by atoms with Crippen molar-refractivity contribution in [1.82, 2.24) is 15.3 Å². The van der Waals surface area contributed by atoms with Crippen molar-refractivity contribution in [1.29, 1.82) is 0 Å². The van der Waals surface area contributed by atoms with Crippen LogP contribution in [0.2, 0.25) is 0 Å². The fourth-order valence-electron chi connectivity index (χ4n) is 2.39. The van der Waals surface area contributed by atoms with Crippen LogP contribution in [0.15, 0.2) is 60.8 Å². The van der Waals surface area contributed by atoms with Crippen LogP contribution in [-0.2, 0) is 0 Å². The van der Waals surface area contributed by atoms with Gasteiger partial charge in [0.2, 0.25) is 5.88 Å². The van der Waals surface area contributed by atoms with Gasteiger partial charge in [-0.3, -0.25) is 4.79 Å². The molecule has 27 heavy (non-hydrogen) atoms. The zero-order valence-electron chi connectivity index (χ0n) is 15.1. The Morgan fingerprint density at radius 3 is 2.74 bits per heavy atom. The van der Waals surface area contributed by atoms with Gasteiger partial charge in [-0.25, -0.2) is 9.37 Å². The Morgan fingerprint density at radius 2 is 1.96 bits per heavy atom. The first-order chi connectivity index (χ1) is 13.0. The lowest BCUT2D eigenvalue weighted by Gasteiger charge is -2.10. The van der Waals surface area contributed by atoms with E-state index in [4.69, 9.17) is 4.74 Å². The van der Waals surface area contributed by atoms with E-state index in [1.807, 2.05) is 13.8 Å². The number of hydrogen-bond acceptors (Lipinski definition) is 4. The molecule has 0 aliphatic rings. The van der Waals surface area contributed by atoms with Crippen LogP contribution in [0, 0.1) is 11.7 Å². The zero-order valence-corrected chi connectivity index (χ0v) is 15.1. The highest BCUT2D eigenvalue weighted by Crippen LogP contribution is 2.23. The molecule has 138 valence electrons. The van der Waals surface area contributed by atoms with E-state index >= 15 is 0 Å². The Labute approximate surface area is 157 Å². The highest BCUT2D eigenvalue weighted by atomic mass is 19.1. The molecule has 5 nitrogen and oxygen atoms in total. The maximum Gasteiger partial charge on any atom is 0.251 e. The van der Waals surface area contributed by atoms with Crippen molar-refractivity contribution in [3.8, 4) is 23.0 Å². The summed E-state index contributed by atoms with van der Waals surface area (Å²) in [6.07, 6.45) is 1.54. The van der Waals surface area contributed by atoms with Crippen molar-refractivity contribution in [3.05, 3.63) is 72.2 Å². The van der Waals surface area contributed by atoms with Crippen molar-refractivity contribution in [2.75, 3.05) is 6.54 Å². The number of carbonyl (C=O) groups excluding carboxylic acids is 1. The minimum Gasteiger partial charge on any atom is -0.439 e. The van der Waals surface area contributed by atoms with Gasteiger partial charge < -0.3 is 10.1 Å². The molecule has 0 unspecified atom stereocenters. The lowest BCUT2D eigenvalue weighted by atomic mass is 10.2. The summed E-state index contributed by atoms with van der Waals surface area (Å²) in [6, 6.07) is 14.5. The van der Waals surface area contributed by atoms with E-state index in [9.17, 15) is 9.18 Å². The van der Waals surface area contributed by atoms with Gasteiger partial charge in [-0.1, -0.05) is 32.0 Å². The first-order valence-corrected chi connectivity index (χ1v) is 8.66. The molecule has 6 heteroatoms. The number of nitrogens with zero attached hydrogens (tertiary/aromatic N) is 2. The molecule has 0 radical (unpaired) electrons. The molecular formula is C21H20FN3O2. The SMILES string of the molecule is CC(C)CNC(=O)c1cccc(Oc2ccnc(-c3cccc(F)c3)n2)c1. The monoisotopic (exact) mass is 365 g/mol. The van der Waals surface area contributed by atoms with Crippen LogP contribution >= 0.6 is 0 Å². The van der Waals surface area contributed by atoms with Gasteiger partial charge in [-0.15, -0.1) is 0 Å². The maximum absolute atomic E-state index is 13.4. The second kappa shape index (κ2) is 8.40. The Balaban J connectivity index is 1.77. The number of carbonyl (C=O) groups is 1. The fraction of sp³-hybridized carbons (Fsp3) is 0.190. The average Bonchev–Trinajstić information content (AvgIpc) is 2.66. The summed E-state index contributed by atoms with van der Waals surface area (Å²) in [5.74, 6) is 1.01. The zero-order chi connectivity index (χ0) is 19.2. The quantitative estimate of drug-likeness (QED) is 0.700. The average molecular weight is 365 g/mol. The van der Waals surface area contributed by atoms with Crippen molar-refractivity contribution in [2.45, 2.75) is 13.8 Å². The molecule has 3 aromatic rings. The molecule has 1 amide bonds. The number of halogens is 1. The Bertz CT molecular complexity index is 944. The lowest BCUT2D eigenvalue weighted by molar-refractivity contribution is 0.0948. The predicted octanol–water partition coefficient (Wildman–Crippen LogP) is 4.46. The normalized spacial score (nSPS) is 10.7. The smallest absolute Gasteiger partial charge is 0.251 e. The van der Waals surface area contributed by atoms with Gasteiger partial charge in [-0.2, -0.15) is 4.98 Å². The third kappa shape index (κ3) is 5.10. The van der Waals surface area contributed by atoms with E-state index in [1.54, 1.807) is 48.7 Å². The summed E-state index contributed by atoms with van der Waals surface area (Å²) in [5.41, 5.74) is 1.06. The molecule has 1 N–H and O–H groups in total. The van der Waals surface area contributed by atoms with Crippen LogP contribution in [0.25, 0.3) is 11.4 Å². The van der Waals surface area contributed by atoms with Crippen LogP contribution in [-0.4, -0.2) is 22.4 Å². The molecule has 0 spiro atoms. The molecule has 0 atom stereocenters. The van der Waals surface area contributed by atoms with E-state index in [2.05, 4.69) is 15.3 Å². The number of aromatic nitrogens is 2. The number of amides is 1.